The van der Waals surface area contributed by atoms with E-state index >= 15 is 0 Å². The Bertz CT molecular complexity index is 740. The summed E-state index contributed by atoms with van der Waals surface area (Å²) >= 11 is 0. The smallest absolute Gasteiger partial charge is 0.311 e. The summed E-state index contributed by atoms with van der Waals surface area (Å²) in [6.45, 7) is 5.34. The van der Waals surface area contributed by atoms with E-state index in [-0.39, 0.29) is 29.5 Å². The molecule has 126 valence electrons. The maximum Gasteiger partial charge on any atom is 0.311 e. The zero-order chi connectivity index (χ0) is 17.5. The molecule has 1 aromatic carbocycles. The number of Topliss-reactive ketones (excluding diaryl/α,β-unsaturated/α-hetero) is 1. The van der Waals surface area contributed by atoms with Crippen molar-refractivity contribution in [1.82, 2.24) is 0 Å². The Morgan fingerprint density at radius 1 is 1.17 bits per heavy atom. The van der Waals surface area contributed by atoms with Gasteiger partial charge in [0, 0.05) is 31.3 Å². The first kappa shape index (κ1) is 16.4. The number of hydrogen-bond donors (Lipinski definition) is 0. The van der Waals surface area contributed by atoms with Gasteiger partial charge in [-0.05, 0) is 23.1 Å². The second-order valence-corrected chi connectivity index (χ2v) is 7.17. The van der Waals surface area contributed by atoms with Gasteiger partial charge in [0.25, 0.3) is 0 Å². The molecule has 0 saturated carbocycles. The predicted octanol–water partition coefficient (Wildman–Crippen LogP) is 3.29. The van der Waals surface area contributed by atoms with Crippen LogP contribution in [-0.2, 0) is 19.1 Å². The molecule has 0 amide bonds. The van der Waals surface area contributed by atoms with Gasteiger partial charge in [-0.3, -0.25) is 14.4 Å². The van der Waals surface area contributed by atoms with E-state index in [1.807, 2.05) is 13.8 Å². The number of ether oxygens (including phenoxy) is 2. The van der Waals surface area contributed by atoms with Crippen LogP contribution in [-0.4, -0.2) is 17.7 Å². The molecule has 24 heavy (non-hydrogen) atoms. The van der Waals surface area contributed by atoms with Crippen LogP contribution in [0.4, 0.5) is 0 Å². The molecule has 1 heterocycles. The second-order valence-electron chi connectivity index (χ2n) is 7.17. The number of hydrogen-bond acceptors (Lipinski definition) is 5. The van der Waals surface area contributed by atoms with Crippen LogP contribution in [0, 0.1) is 5.41 Å². The molecule has 1 aliphatic carbocycles. The van der Waals surface area contributed by atoms with E-state index < -0.39 is 5.97 Å². The third-order valence-electron chi connectivity index (χ3n) is 4.38. The zero-order valence-corrected chi connectivity index (χ0v) is 14.0. The summed E-state index contributed by atoms with van der Waals surface area (Å²) in [4.78, 5) is 35.6. The lowest BCUT2D eigenvalue weighted by Crippen LogP contribution is -2.33. The van der Waals surface area contributed by atoms with Crippen LogP contribution in [0.15, 0.2) is 35.6 Å². The first-order valence-electron chi connectivity index (χ1n) is 8.00. The van der Waals surface area contributed by atoms with Crippen molar-refractivity contribution in [2.45, 2.75) is 46.0 Å². The van der Waals surface area contributed by atoms with Crippen molar-refractivity contribution < 1.29 is 23.9 Å². The standard InChI is InChI=1S/C19H20O5/c1-11(20)23-13-6-4-12(5-7-13)14-8-17(22)24-16-10-19(2,3)9-15(21)18(14)16/h4-7,14H,8-10H2,1-3H3. The lowest BCUT2D eigenvalue weighted by molar-refractivity contribution is -0.142. The summed E-state index contributed by atoms with van der Waals surface area (Å²) < 4.78 is 10.4. The van der Waals surface area contributed by atoms with E-state index in [2.05, 4.69) is 0 Å². The van der Waals surface area contributed by atoms with Crippen LogP contribution in [0.1, 0.15) is 51.5 Å². The maximum atomic E-state index is 12.6. The molecule has 0 radical (unpaired) electrons. The van der Waals surface area contributed by atoms with Crippen molar-refractivity contribution in [1.29, 1.82) is 0 Å². The Morgan fingerprint density at radius 3 is 2.46 bits per heavy atom. The summed E-state index contributed by atoms with van der Waals surface area (Å²) in [5, 5.41) is 0. The molecule has 1 atom stereocenters. The van der Waals surface area contributed by atoms with Crippen molar-refractivity contribution in [2.75, 3.05) is 0 Å². The molecule has 0 spiro atoms. The van der Waals surface area contributed by atoms with Gasteiger partial charge in [0.05, 0.1) is 6.42 Å². The van der Waals surface area contributed by atoms with Crippen LogP contribution < -0.4 is 4.74 Å². The lowest BCUT2D eigenvalue weighted by Gasteiger charge is -2.36. The quantitative estimate of drug-likeness (QED) is 0.615. The molecule has 1 aromatic rings. The number of ketones is 1. The maximum absolute atomic E-state index is 12.6. The average molecular weight is 328 g/mol. The number of rotatable bonds is 2. The molecule has 3 rings (SSSR count). The predicted molar refractivity (Wildman–Crippen MR) is 86.2 cm³/mol. The Kier molecular flexibility index (Phi) is 4.03. The topological polar surface area (TPSA) is 69.7 Å². The van der Waals surface area contributed by atoms with Gasteiger partial charge in [-0.25, -0.2) is 0 Å². The minimum atomic E-state index is -0.390. The average Bonchev–Trinajstić information content (AvgIpc) is 2.44. The fraction of sp³-hybridized carbons (Fsp3) is 0.421. The summed E-state index contributed by atoms with van der Waals surface area (Å²) in [5.41, 5.74) is 1.27. The highest BCUT2D eigenvalue weighted by Crippen LogP contribution is 2.45. The lowest BCUT2D eigenvalue weighted by atomic mass is 9.71. The number of carbonyl (C=O) groups excluding carboxylic acids is 3. The Hall–Kier alpha value is -2.43. The van der Waals surface area contributed by atoms with Gasteiger partial charge in [0.15, 0.2) is 5.78 Å². The number of benzene rings is 1. The summed E-state index contributed by atoms with van der Waals surface area (Å²) in [5.74, 6) is 0.00235. The van der Waals surface area contributed by atoms with Crippen molar-refractivity contribution in [3.63, 3.8) is 0 Å². The Balaban J connectivity index is 1.96. The SMILES string of the molecule is CC(=O)Oc1ccc(C2CC(=O)OC3=C2C(=O)CC(C)(C)C3)cc1. The van der Waals surface area contributed by atoms with Crippen molar-refractivity contribution in [2.24, 2.45) is 5.41 Å². The van der Waals surface area contributed by atoms with E-state index in [4.69, 9.17) is 9.47 Å². The highest BCUT2D eigenvalue weighted by molar-refractivity contribution is 6.00. The fourth-order valence-electron chi connectivity index (χ4n) is 3.42. The van der Waals surface area contributed by atoms with Gasteiger partial charge in [-0.15, -0.1) is 0 Å². The second kappa shape index (κ2) is 5.89. The van der Waals surface area contributed by atoms with Crippen molar-refractivity contribution >= 4 is 17.7 Å². The van der Waals surface area contributed by atoms with E-state index in [0.29, 0.717) is 29.9 Å². The van der Waals surface area contributed by atoms with Crippen LogP contribution >= 0.6 is 0 Å². The molecule has 0 bridgehead atoms. The van der Waals surface area contributed by atoms with Crippen molar-refractivity contribution in [3.8, 4) is 5.75 Å². The first-order chi connectivity index (χ1) is 11.2. The van der Waals surface area contributed by atoms with Crippen LogP contribution in [0.25, 0.3) is 0 Å². The van der Waals surface area contributed by atoms with Crippen LogP contribution in [0.5, 0.6) is 5.75 Å². The molecule has 1 unspecified atom stereocenters. The molecular weight excluding hydrogens is 308 g/mol. The molecule has 0 saturated heterocycles. The molecular formula is C19H20O5. The molecule has 5 heteroatoms. The van der Waals surface area contributed by atoms with Crippen LogP contribution in [0.2, 0.25) is 0 Å². The third kappa shape index (κ3) is 3.25. The number of allylic oxidation sites excluding steroid dienone is 2. The third-order valence-corrected chi connectivity index (χ3v) is 4.38. The molecule has 0 aromatic heterocycles. The zero-order valence-electron chi connectivity index (χ0n) is 14.0. The first-order valence-corrected chi connectivity index (χ1v) is 8.00. The largest absolute Gasteiger partial charge is 0.431 e. The van der Waals surface area contributed by atoms with Gasteiger partial charge in [-0.2, -0.15) is 0 Å². The highest BCUT2D eigenvalue weighted by atomic mass is 16.5. The number of esters is 2. The Morgan fingerprint density at radius 2 is 1.83 bits per heavy atom. The van der Waals surface area contributed by atoms with Gasteiger partial charge in [0.2, 0.25) is 0 Å². The summed E-state index contributed by atoms with van der Waals surface area (Å²) in [7, 11) is 0. The normalized spacial score (nSPS) is 22.7. The minimum Gasteiger partial charge on any atom is -0.431 e. The Labute approximate surface area is 140 Å². The highest BCUT2D eigenvalue weighted by Gasteiger charge is 2.42. The van der Waals surface area contributed by atoms with Gasteiger partial charge in [0.1, 0.15) is 11.5 Å². The monoisotopic (exact) mass is 328 g/mol. The van der Waals surface area contributed by atoms with Gasteiger partial charge < -0.3 is 9.47 Å². The molecule has 0 fully saturated rings. The van der Waals surface area contributed by atoms with E-state index in [0.717, 1.165) is 5.56 Å². The summed E-state index contributed by atoms with van der Waals surface area (Å²) in [6, 6.07) is 6.93. The van der Waals surface area contributed by atoms with Gasteiger partial charge in [-0.1, -0.05) is 26.0 Å². The summed E-state index contributed by atoms with van der Waals surface area (Å²) in [6.07, 6.45) is 1.19. The van der Waals surface area contributed by atoms with Crippen LogP contribution in [0.3, 0.4) is 0 Å². The van der Waals surface area contributed by atoms with E-state index in [1.54, 1.807) is 24.3 Å². The van der Waals surface area contributed by atoms with E-state index in [9.17, 15) is 14.4 Å². The fourth-order valence-corrected chi connectivity index (χ4v) is 3.42. The minimum absolute atomic E-state index is 0.0443. The molecule has 2 aliphatic rings. The number of carbonyl (C=O) groups is 3. The molecule has 1 aliphatic heterocycles. The van der Waals surface area contributed by atoms with Gasteiger partial charge >= 0.3 is 11.9 Å². The molecule has 5 nitrogen and oxygen atoms in total. The van der Waals surface area contributed by atoms with E-state index in [1.165, 1.54) is 6.92 Å². The molecule has 0 N–H and O–H groups in total. The van der Waals surface area contributed by atoms with Crippen molar-refractivity contribution in [3.05, 3.63) is 41.2 Å².